The lowest BCUT2D eigenvalue weighted by Gasteiger charge is -2.27. The number of ketones is 1. The Balaban J connectivity index is 1.09. The largest absolute Gasteiger partial charge is 0.376 e. The van der Waals surface area contributed by atoms with Crippen LogP contribution in [0.5, 0.6) is 0 Å². The Morgan fingerprint density at radius 2 is 1.76 bits per heavy atom. The number of aryl methyl sites for hydroxylation is 1. The predicted molar refractivity (Wildman–Crippen MR) is 148 cm³/mol. The number of benzene rings is 2. The Hall–Kier alpha value is -2.46. The number of amides is 1. The maximum Gasteiger partial charge on any atom is 0.251 e. The van der Waals surface area contributed by atoms with E-state index in [-0.39, 0.29) is 23.7 Å². The molecular formula is C33H43NO3. The first-order valence-corrected chi connectivity index (χ1v) is 14.8. The molecule has 1 saturated heterocycles. The van der Waals surface area contributed by atoms with Crippen LogP contribution >= 0.6 is 0 Å². The molecule has 0 spiro atoms. The lowest BCUT2D eigenvalue weighted by molar-refractivity contribution is 0.0855. The number of carbonyl (C=O) groups excluding carboxylic acids is 2. The summed E-state index contributed by atoms with van der Waals surface area (Å²) in [7, 11) is 0. The molecule has 1 aliphatic heterocycles. The molecule has 0 radical (unpaired) electrons. The van der Waals surface area contributed by atoms with Gasteiger partial charge in [0.25, 0.3) is 5.91 Å². The van der Waals surface area contributed by atoms with Crippen LogP contribution in [0.15, 0.2) is 48.5 Å². The normalized spacial score (nSPS) is 26.2. The lowest BCUT2D eigenvalue weighted by Crippen LogP contribution is -2.32. The van der Waals surface area contributed by atoms with Crippen LogP contribution < -0.4 is 5.32 Å². The first kappa shape index (κ1) is 26.2. The molecule has 0 aromatic heterocycles. The highest BCUT2D eigenvalue weighted by Crippen LogP contribution is 2.36. The number of hydrogen-bond acceptors (Lipinski definition) is 3. The van der Waals surface area contributed by atoms with E-state index in [4.69, 9.17) is 4.74 Å². The molecule has 2 aromatic rings. The number of rotatable bonds is 8. The molecule has 198 valence electrons. The fourth-order valence-corrected chi connectivity index (χ4v) is 6.80. The summed E-state index contributed by atoms with van der Waals surface area (Å²) >= 11 is 0. The summed E-state index contributed by atoms with van der Waals surface area (Å²) in [6.45, 7) is 1.35. The minimum Gasteiger partial charge on any atom is -0.376 e. The maximum atomic E-state index is 13.3. The highest BCUT2D eigenvalue weighted by atomic mass is 16.5. The van der Waals surface area contributed by atoms with Crippen molar-refractivity contribution in [1.29, 1.82) is 0 Å². The summed E-state index contributed by atoms with van der Waals surface area (Å²) in [4.78, 5) is 25.9. The van der Waals surface area contributed by atoms with Gasteiger partial charge in [-0.1, -0.05) is 68.5 Å². The highest BCUT2D eigenvalue weighted by molar-refractivity contribution is 6.02. The van der Waals surface area contributed by atoms with Gasteiger partial charge in [0.1, 0.15) is 0 Å². The van der Waals surface area contributed by atoms with E-state index >= 15 is 0 Å². The van der Waals surface area contributed by atoms with Gasteiger partial charge in [0.05, 0.1) is 6.10 Å². The van der Waals surface area contributed by atoms with Crippen LogP contribution in [0.1, 0.15) is 115 Å². The summed E-state index contributed by atoms with van der Waals surface area (Å²) < 4.78 is 5.60. The smallest absolute Gasteiger partial charge is 0.251 e. The quantitative estimate of drug-likeness (QED) is 0.414. The molecule has 4 atom stereocenters. The van der Waals surface area contributed by atoms with Crippen molar-refractivity contribution in [2.45, 2.75) is 95.5 Å². The SMILES string of the molecule is O=C(NCC1CCCO1)c1ccc2c(c1)CCC(CCCC1CCCCC(c3ccccc3)CC1)C2=O. The van der Waals surface area contributed by atoms with E-state index < -0.39 is 0 Å². The number of fused-ring (bicyclic) bond motifs is 1. The molecule has 1 saturated carbocycles. The van der Waals surface area contributed by atoms with Gasteiger partial charge in [-0.05, 0) is 86.5 Å². The first-order chi connectivity index (χ1) is 18.2. The topological polar surface area (TPSA) is 55.4 Å². The molecule has 0 bridgehead atoms. The van der Waals surface area contributed by atoms with E-state index in [0.29, 0.717) is 18.0 Å². The lowest BCUT2D eigenvalue weighted by atomic mass is 9.77. The Kier molecular flexibility index (Phi) is 9.10. The van der Waals surface area contributed by atoms with E-state index in [1.165, 1.54) is 50.5 Å². The molecule has 4 unspecified atom stereocenters. The third-order valence-electron chi connectivity index (χ3n) is 9.05. The molecule has 2 aliphatic carbocycles. The number of ether oxygens (including phenoxy) is 1. The van der Waals surface area contributed by atoms with Crippen LogP contribution in [0.4, 0.5) is 0 Å². The van der Waals surface area contributed by atoms with Gasteiger partial charge in [0.15, 0.2) is 5.78 Å². The van der Waals surface area contributed by atoms with Crippen molar-refractivity contribution < 1.29 is 14.3 Å². The van der Waals surface area contributed by atoms with Crippen molar-refractivity contribution in [3.05, 3.63) is 70.8 Å². The summed E-state index contributed by atoms with van der Waals surface area (Å²) in [6.07, 6.45) is 15.4. The standard InChI is InChI=1S/C33H43NO3/c35-32-27(13-6-9-24-8-4-5-12-26(16-15-24)25-10-2-1-3-11-25)17-18-28-22-29(19-20-31(28)32)33(36)34-23-30-14-7-21-37-30/h1-3,10-11,19-20,22,24,26-27,30H,4-9,12-18,21,23H2,(H,34,36). The summed E-state index contributed by atoms with van der Waals surface area (Å²) in [6, 6.07) is 16.7. The summed E-state index contributed by atoms with van der Waals surface area (Å²) in [5.41, 5.74) is 4.04. The van der Waals surface area contributed by atoms with Gasteiger partial charge in [-0.3, -0.25) is 9.59 Å². The Bertz CT molecular complexity index is 1040. The molecular weight excluding hydrogens is 458 g/mol. The van der Waals surface area contributed by atoms with Gasteiger partial charge in [-0.15, -0.1) is 0 Å². The van der Waals surface area contributed by atoms with Crippen molar-refractivity contribution in [2.24, 2.45) is 11.8 Å². The number of hydrogen-bond donors (Lipinski definition) is 1. The van der Waals surface area contributed by atoms with Crippen molar-refractivity contribution in [3.63, 3.8) is 0 Å². The Morgan fingerprint density at radius 3 is 2.59 bits per heavy atom. The van der Waals surface area contributed by atoms with Crippen molar-refractivity contribution in [1.82, 2.24) is 5.32 Å². The van der Waals surface area contributed by atoms with Gasteiger partial charge in [-0.2, -0.15) is 0 Å². The van der Waals surface area contributed by atoms with E-state index in [1.54, 1.807) is 0 Å². The minimum absolute atomic E-state index is 0.0680. The maximum absolute atomic E-state index is 13.3. The van der Waals surface area contributed by atoms with Crippen LogP contribution in [0.25, 0.3) is 0 Å². The van der Waals surface area contributed by atoms with E-state index in [1.807, 2.05) is 18.2 Å². The number of nitrogens with one attached hydrogen (secondary N) is 1. The second kappa shape index (κ2) is 12.9. The fourth-order valence-electron chi connectivity index (χ4n) is 6.80. The third-order valence-corrected chi connectivity index (χ3v) is 9.05. The molecule has 5 rings (SSSR count). The molecule has 2 fully saturated rings. The molecule has 1 heterocycles. The average Bonchev–Trinajstić information content (AvgIpc) is 3.44. The molecule has 1 amide bonds. The predicted octanol–water partition coefficient (Wildman–Crippen LogP) is 7.27. The van der Waals surface area contributed by atoms with E-state index in [9.17, 15) is 9.59 Å². The van der Waals surface area contributed by atoms with E-state index in [0.717, 1.165) is 62.2 Å². The second-order valence-electron chi connectivity index (χ2n) is 11.6. The van der Waals surface area contributed by atoms with Crippen molar-refractivity contribution >= 4 is 11.7 Å². The van der Waals surface area contributed by atoms with Crippen molar-refractivity contribution in [2.75, 3.05) is 13.2 Å². The molecule has 4 nitrogen and oxygen atoms in total. The zero-order valence-electron chi connectivity index (χ0n) is 22.3. The summed E-state index contributed by atoms with van der Waals surface area (Å²) in [5.74, 6) is 1.87. The van der Waals surface area contributed by atoms with Crippen molar-refractivity contribution in [3.8, 4) is 0 Å². The molecule has 37 heavy (non-hydrogen) atoms. The zero-order valence-corrected chi connectivity index (χ0v) is 22.3. The zero-order chi connectivity index (χ0) is 25.5. The van der Waals surface area contributed by atoms with Crippen LogP contribution in [0.3, 0.4) is 0 Å². The second-order valence-corrected chi connectivity index (χ2v) is 11.6. The van der Waals surface area contributed by atoms with Gasteiger partial charge in [-0.25, -0.2) is 0 Å². The molecule has 4 heteroatoms. The van der Waals surface area contributed by atoms with Gasteiger partial charge < -0.3 is 10.1 Å². The van der Waals surface area contributed by atoms with Crippen LogP contribution in [-0.2, 0) is 11.2 Å². The Morgan fingerprint density at radius 1 is 0.892 bits per heavy atom. The van der Waals surface area contributed by atoms with E-state index in [2.05, 4.69) is 35.6 Å². The number of Topliss-reactive ketones (excluding diaryl/α,β-unsaturated/α-hetero) is 1. The van der Waals surface area contributed by atoms with Crippen LogP contribution in [0, 0.1) is 11.8 Å². The molecule has 3 aliphatic rings. The van der Waals surface area contributed by atoms with Gasteiger partial charge in [0.2, 0.25) is 0 Å². The summed E-state index contributed by atoms with van der Waals surface area (Å²) in [5, 5.41) is 3.00. The third kappa shape index (κ3) is 6.90. The minimum atomic E-state index is -0.0680. The van der Waals surface area contributed by atoms with Crippen LogP contribution in [-0.4, -0.2) is 30.9 Å². The highest BCUT2D eigenvalue weighted by Gasteiger charge is 2.28. The monoisotopic (exact) mass is 501 g/mol. The molecule has 1 N–H and O–H groups in total. The van der Waals surface area contributed by atoms with Gasteiger partial charge in [0, 0.05) is 30.2 Å². The average molecular weight is 502 g/mol. The Labute approximate surface area is 222 Å². The van der Waals surface area contributed by atoms with Crippen LogP contribution in [0.2, 0.25) is 0 Å². The number of carbonyl (C=O) groups is 2. The van der Waals surface area contributed by atoms with Gasteiger partial charge >= 0.3 is 0 Å². The molecule has 2 aromatic carbocycles. The fraction of sp³-hybridized carbons (Fsp3) is 0.576. The first-order valence-electron chi connectivity index (χ1n) is 14.8.